The third kappa shape index (κ3) is 2.80. The van der Waals surface area contributed by atoms with Gasteiger partial charge in [0.05, 0.1) is 11.6 Å². The maximum atomic E-state index is 13.7. The van der Waals surface area contributed by atoms with Crippen molar-refractivity contribution in [2.45, 2.75) is 31.2 Å². The van der Waals surface area contributed by atoms with Gasteiger partial charge in [-0.2, -0.15) is 0 Å². The van der Waals surface area contributed by atoms with Crippen LogP contribution in [0.15, 0.2) is 65.7 Å². The van der Waals surface area contributed by atoms with E-state index in [0.717, 1.165) is 16.8 Å². The normalized spacial score (nSPS) is 21.9. The molecular weight excluding hydrogens is 392 g/mol. The predicted molar refractivity (Wildman–Crippen MR) is 116 cm³/mol. The summed E-state index contributed by atoms with van der Waals surface area (Å²) in [5.74, 6) is -0.300. The van der Waals surface area contributed by atoms with Crippen LogP contribution in [0, 0.1) is 0 Å². The number of hydrogen-bond donors (Lipinski definition) is 2. The van der Waals surface area contributed by atoms with Crippen molar-refractivity contribution in [2.24, 2.45) is 0 Å². The number of fused-ring (bicyclic) bond motifs is 2. The minimum atomic E-state index is -0.885. The number of carbonyl (C=O) groups is 2. The van der Waals surface area contributed by atoms with E-state index in [0.29, 0.717) is 30.6 Å². The Morgan fingerprint density at radius 2 is 2.00 bits per heavy atom. The van der Waals surface area contributed by atoms with Crippen molar-refractivity contribution in [3.05, 3.63) is 93.7 Å². The van der Waals surface area contributed by atoms with Crippen molar-refractivity contribution >= 4 is 17.5 Å². The van der Waals surface area contributed by atoms with Crippen molar-refractivity contribution in [3.63, 3.8) is 0 Å². The molecule has 4 heterocycles. The minimum absolute atomic E-state index is 0.102. The molecule has 3 aromatic rings. The van der Waals surface area contributed by atoms with E-state index in [4.69, 9.17) is 0 Å². The summed E-state index contributed by atoms with van der Waals surface area (Å²) in [4.78, 5) is 47.7. The van der Waals surface area contributed by atoms with E-state index in [1.54, 1.807) is 23.4 Å². The molecule has 156 valence electrons. The van der Waals surface area contributed by atoms with Crippen LogP contribution in [0.1, 0.15) is 46.6 Å². The van der Waals surface area contributed by atoms with E-state index in [9.17, 15) is 14.4 Å². The number of aromatic amines is 1. The van der Waals surface area contributed by atoms with Crippen LogP contribution in [0.3, 0.4) is 0 Å². The first kappa shape index (κ1) is 19.2. The van der Waals surface area contributed by atoms with Gasteiger partial charge in [-0.3, -0.25) is 19.4 Å². The Bertz CT molecular complexity index is 1240. The fraction of sp³-hybridized carbons (Fsp3) is 0.250. The smallest absolute Gasteiger partial charge is 0.256 e. The van der Waals surface area contributed by atoms with Crippen LogP contribution in [-0.2, 0) is 16.6 Å². The summed E-state index contributed by atoms with van der Waals surface area (Å²) in [5.41, 5.74) is 2.43. The first-order valence-corrected chi connectivity index (χ1v) is 10.4. The summed E-state index contributed by atoms with van der Waals surface area (Å²) in [5, 5.41) is 3.01. The average molecular weight is 414 g/mol. The molecule has 5 rings (SSSR count). The van der Waals surface area contributed by atoms with Gasteiger partial charge in [-0.15, -0.1) is 0 Å². The van der Waals surface area contributed by atoms with Crippen LogP contribution in [0.25, 0.3) is 0 Å². The molecule has 2 atom stereocenters. The molecule has 0 bridgehead atoms. The zero-order valence-corrected chi connectivity index (χ0v) is 17.1. The van der Waals surface area contributed by atoms with Crippen molar-refractivity contribution in [1.29, 1.82) is 0 Å². The van der Waals surface area contributed by atoms with Gasteiger partial charge in [0, 0.05) is 36.4 Å². The highest BCUT2D eigenvalue weighted by Gasteiger charge is 2.59. The van der Waals surface area contributed by atoms with Gasteiger partial charge in [-0.1, -0.05) is 31.2 Å². The fourth-order valence-electron chi connectivity index (χ4n) is 5.06. The monoisotopic (exact) mass is 414 g/mol. The number of aromatic nitrogens is 2. The van der Waals surface area contributed by atoms with Crippen LogP contribution in [-0.4, -0.2) is 33.2 Å². The number of nitrogens with zero attached hydrogens (tertiary/aromatic N) is 2. The molecule has 7 heteroatoms. The number of para-hydroxylation sites is 1. The summed E-state index contributed by atoms with van der Waals surface area (Å²) < 4.78 is 0. The number of rotatable bonds is 3. The second-order valence-electron chi connectivity index (χ2n) is 7.98. The van der Waals surface area contributed by atoms with Crippen LogP contribution in [0.4, 0.5) is 5.69 Å². The van der Waals surface area contributed by atoms with Gasteiger partial charge in [0.2, 0.25) is 11.5 Å². The van der Waals surface area contributed by atoms with Crippen molar-refractivity contribution < 1.29 is 9.59 Å². The molecule has 0 aliphatic carbocycles. The second kappa shape index (κ2) is 7.19. The molecule has 2 unspecified atom stereocenters. The van der Waals surface area contributed by atoms with Gasteiger partial charge >= 0.3 is 0 Å². The molecule has 0 radical (unpaired) electrons. The lowest BCUT2D eigenvalue weighted by molar-refractivity contribution is -0.121. The predicted octanol–water partition coefficient (Wildman–Crippen LogP) is 2.81. The minimum Gasteiger partial charge on any atom is -0.330 e. The number of benzene rings is 1. The van der Waals surface area contributed by atoms with Crippen LogP contribution in [0.5, 0.6) is 0 Å². The van der Waals surface area contributed by atoms with Gasteiger partial charge in [0.25, 0.3) is 5.91 Å². The Balaban J connectivity index is 1.67. The molecule has 7 nitrogen and oxygen atoms in total. The Hall–Kier alpha value is -3.74. The van der Waals surface area contributed by atoms with E-state index >= 15 is 0 Å². The highest BCUT2D eigenvalue weighted by Crippen LogP contribution is 2.54. The Kier molecular flexibility index (Phi) is 4.46. The van der Waals surface area contributed by atoms with Crippen LogP contribution >= 0.6 is 0 Å². The zero-order chi connectivity index (χ0) is 21.6. The van der Waals surface area contributed by atoms with Gasteiger partial charge < -0.3 is 15.2 Å². The van der Waals surface area contributed by atoms with Gasteiger partial charge in [-0.25, -0.2) is 0 Å². The lowest BCUT2D eigenvalue weighted by Gasteiger charge is -2.34. The summed E-state index contributed by atoms with van der Waals surface area (Å²) in [6.07, 6.45) is 4.43. The van der Waals surface area contributed by atoms with Crippen LogP contribution in [0.2, 0.25) is 0 Å². The number of likely N-dealkylation sites (tertiary alicyclic amines) is 1. The Morgan fingerprint density at radius 1 is 1.16 bits per heavy atom. The molecule has 1 saturated heterocycles. The van der Waals surface area contributed by atoms with E-state index in [1.165, 1.54) is 6.07 Å². The number of aryl methyl sites for hydroxylation is 1. The molecule has 2 amide bonds. The fourth-order valence-corrected chi connectivity index (χ4v) is 5.06. The van der Waals surface area contributed by atoms with Gasteiger partial charge in [-0.05, 0) is 42.2 Å². The van der Waals surface area contributed by atoms with Crippen molar-refractivity contribution in [2.75, 3.05) is 11.9 Å². The van der Waals surface area contributed by atoms with E-state index in [-0.39, 0.29) is 17.4 Å². The highest BCUT2D eigenvalue weighted by atomic mass is 16.2. The molecule has 1 spiro atoms. The quantitative estimate of drug-likeness (QED) is 0.689. The Labute approximate surface area is 179 Å². The molecule has 0 saturated carbocycles. The summed E-state index contributed by atoms with van der Waals surface area (Å²) in [6.45, 7) is 2.31. The van der Waals surface area contributed by atoms with Crippen molar-refractivity contribution in [3.8, 4) is 0 Å². The lowest BCUT2D eigenvalue weighted by Crippen LogP contribution is -2.43. The summed E-state index contributed by atoms with van der Waals surface area (Å²) in [7, 11) is 0. The second-order valence-corrected chi connectivity index (χ2v) is 7.98. The van der Waals surface area contributed by atoms with E-state index < -0.39 is 11.5 Å². The molecule has 1 aromatic carbocycles. The van der Waals surface area contributed by atoms with Crippen molar-refractivity contribution in [1.82, 2.24) is 14.9 Å². The molecule has 2 aromatic heterocycles. The SMILES string of the molecule is CCc1[nH]c(=O)ccc1C(=O)N1CCC2(C(=O)Nc3ccccc32)C1c1cccnc1. The number of anilines is 1. The zero-order valence-electron chi connectivity index (χ0n) is 17.1. The average Bonchev–Trinajstić information content (AvgIpc) is 3.33. The highest BCUT2D eigenvalue weighted by molar-refractivity contribution is 6.08. The molecule has 2 N–H and O–H groups in total. The third-order valence-electron chi connectivity index (χ3n) is 6.43. The van der Waals surface area contributed by atoms with Gasteiger partial charge in [0.15, 0.2) is 0 Å². The van der Waals surface area contributed by atoms with Gasteiger partial charge in [0.1, 0.15) is 5.41 Å². The number of pyridine rings is 2. The Morgan fingerprint density at radius 3 is 2.77 bits per heavy atom. The molecule has 1 fully saturated rings. The molecular formula is C24H22N4O3. The maximum absolute atomic E-state index is 13.7. The third-order valence-corrected chi connectivity index (χ3v) is 6.43. The first-order chi connectivity index (χ1) is 15.1. The van der Waals surface area contributed by atoms with Crippen LogP contribution < -0.4 is 10.9 Å². The number of nitrogens with one attached hydrogen (secondary N) is 2. The molecule has 2 aliphatic heterocycles. The van der Waals surface area contributed by atoms with E-state index in [1.807, 2.05) is 43.3 Å². The molecule has 31 heavy (non-hydrogen) atoms. The summed E-state index contributed by atoms with van der Waals surface area (Å²) >= 11 is 0. The standard InChI is InChI=1S/C24H22N4O3/c1-2-18-16(9-10-20(29)26-18)22(30)28-13-11-24(21(28)15-6-5-12-25-14-15)17-7-3-4-8-19(17)27-23(24)31/h3-10,12,14,21H,2,11,13H2,1H3,(H,26,29)(H,27,31). The number of hydrogen-bond acceptors (Lipinski definition) is 4. The lowest BCUT2D eigenvalue weighted by atomic mass is 9.73. The number of amides is 2. The topological polar surface area (TPSA) is 95.2 Å². The first-order valence-electron chi connectivity index (χ1n) is 10.4. The summed E-state index contributed by atoms with van der Waals surface area (Å²) in [6, 6.07) is 13.8. The number of H-pyrrole nitrogens is 1. The maximum Gasteiger partial charge on any atom is 0.256 e. The largest absolute Gasteiger partial charge is 0.330 e. The molecule has 2 aliphatic rings. The van der Waals surface area contributed by atoms with E-state index in [2.05, 4.69) is 15.3 Å². The number of carbonyl (C=O) groups excluding carboxylic acids is 2.